The summed E-state index contributed by atoms with van der Waals surface area (Å²) < 4.78 is 0. The number of amides is 3. The summed E-state index contributed by atoms with van der Waals surface area (Å²) in [6, 6.07) is 2.50. The van der Waals surface area contributed by atoms with Gasteiger partial charge in [-0.3, -0.25) is 14.4 Å². The number of hydrogen-bond acceptors (Lipinski definition) is 9. The van der Waals surface area contributed by atoms with E-state index in [2.05, 4.69) is 16.0 Å². The van der Waals surface area contributed by atoms with Crippen LogP contribution in [0, 0.1) is 0 Å². The number of carbonyl (C=O) groups excluding carboxylic acids is 3. The average Bonchev–Trinajstić information content (AvgIpc) is 2.87. The molecule has 0 spiro atoms. The van der Waals surface area contributed by atoms with E-state index >= 15 is 0 Å². The van der Waals surface area contributed by atoms with E-state index in [1.807, 2.05) is 18.8 Å². The molecule has 7 N–H and O–H groups in total. The third kappa shape index (κ3) is 12.8. The molecule has 0 radical (unpaired) electrons. The van der Waals surface area contributed by atoms with Crippen molar-refractivity contribution in [2.45, 2.75) is 49.9 Å². The molecule has 0 aliphatic rings. The molecule has 4 atom stereocenters. The number of aromatic hydroxyl groups is 1. The lowest BCUT2D eigenvalue weighted by Crippen LogP contribution is -2.57. The number of carbonyl (C=O) groups is 4. The molecular formula is C24H38N4O6S3. The van der Waals surface area contributed by atoms with Gasteiger partial charge in [0.2, 0.25) is 17.7 Å². The Balaban J connectivity index is 2.91. The van der Waals surface area contributed by atoms with E-state index in [0.29, 0.717) is 30.1 Å². The van der Waals surface area contributed by atoms with Crippen molar-refractivity contribution < 1.29 is 29.4 Å². The number of phenols is 1. The Morgan fingerprint density at radius 2 is 1.16 bits per heavy atom. The smallest absolute Gasteiger partial charge is 0.326 e. The van der Waals surface area contributed by atoms with Gasteiger partial charge in [0.15, 0.2) is 0 Å². The quantitative estimate of drug-likeness (QED) is 0.149. The first-order chi connectivity index (χ1) is 17.6. The van der Waals surface area contributed by atoms with Crippen molar-refractivity contribution in [2.75, 3.05) is 36.0 Å². The average molecular weight is 575 g/mol. The molecule has 208 valence electrons. The van der Waals surface area contributed by atoms with Crippen LogP contribution in [0.4, 0.5) is 0 Å². The van der Waals surface area contributed by atoms with Gasteiger partial charge in [0.25, 0.3) is 0 Å². The summed E-state index contributed by atoms with van der Waals surface area (Å²) in [7, 11) is 0. The Labute approximate surface area is 231 Å². The summed E-state index contributed by atoms with van der Waals surface area (Å²) in [4.78, 5) is 50.4. The summed E-state index contributed by atoms with van der Waals surface area (Å²) in [6.07, 6.45) is 6.70. The van der Waals surface area contributed by atoms with E-state index in [0.717, 1.165) is 5.56 Å². The minimum Gasteiger partial charge on any atom is -0.508 e. The van der Waals surface area contributed by atoms with Crippen molar-refractivity contribution in [1.82, 2.24) is 16.0 Å². The second-order valence-electron chi connectivity index (χ2n) is 8.34. The number of nitrogens with one attached hydrogen (secondary N) is 3. The van der Waals surface area contributed by atoms with Crippen LogP contribution in [0.3, 0.4) is 0 Å². The van der Waals surface area contributed by atoms with Crippen molar-refractivity contribution in [1.29, 1.82) is 0 Å². The lowest BCUT2D eigenvalue weighted by Gasteiger charge is -2.25. The fraction of sp³-hybridized carbons (Fsp3) is 0.583. The number of phenolic OH excluding ortho intramolecular Hbond substituents is 1. The third-order valence-electron chi connectivity index (χ3n) is 5.44. The second-order valence-corrected chi connectivity index (χ2v) is 11.3. The lowest BCUT2D eigenvalue weighted by atomic mass is 10.0. The standard InChI is InChI=1S/C24H38N4O6S3/c1-35-11-8-18(26-21(30)17(25)14-15-4-6-16(29)7-5-15)22(31)27-19(9-12-36-2)23(32)28-20(24(33)34)10-13-37-3/h4-7,17-20,29H,8-14,25H2,1-3H3,(H,26,30)(H,27,31)(H,28,32)(H,33,34)/t17-,18-,19-,20-/m0/s1. The van der Waals surface area contributed by atoms with E-state index in [1.54, 1.807) is 12.1 Å². The Morgan fingerprint density at radius 1 is 0.757 bits per heavy atom. The molecule has 37 heavy (non-hydrogen) atoms. The van der Waals surface area contributed by atoms with E-state index in [-0.39, 0.29) is 18.6 Å². The first kappa shape index (κ1) is 32.9. The topological polar surface area (TPSA) is 171 Å². The van der Waals surface area contributed by atoms with Gasteiger partial charge in [-0.25, -0.2) is 4.79 Å². The van der Waals surface area contributed by atoms with Crippen LogP contribution >= 0.6 is 35.3 Å². The monoisotopic (exact) mass is 574 g/mol. The molecule has 0 bridgehead atoms. The highest BCUT2D eigenvalue weighted by atomic mass is 32.2. The predicted molar refractivity (Wildman–Crippen MR) is 152 cm³/mol. The highest BCUT2D eigenvalue weighted by Crippen LogP contribution is 2.12. The minimum absolute atomic E-state index is 0.106. The zero-order valence-electron chi connectivity index (χ0n) is 21.4. The van der Waals surface area contributed by atoms with Crippen molar-refractivity contribution in [3.63, 3.8) is 0 Å². The van der Waals surface area contributed by atoms with Crippen molar-refractivity contribution in [2.24, 2.45) is 5.73 Å². The van der Waals surface area contributed by atoms with Gasteiger partial charge in [0, 0.05) is 0 Å². The van der Waals surface area contributed by atoms with Crippen LogP contribution in [0.25, 0.3) is 0 Å². The molecule has 1 aromatic carbocycles. The van der Waals surface area contributed by atoms with Crippen molar-refractivity contribution in [3.05, 3.63) is 29.8 Å². The maximum Gasteiger partial charge on any atom is 0.326 e. The molecule has 0 heterocycles. The molecule has 1 aromatic rings. The molecule has 3 amide bonds. The fourth-order valence-corrected chi connectivity index (χ4v) is 4.72. The van der Waals surface area contributed by atoms with Gasteiger partial charge in [-0.15, -0.1) is 0 Å². The summed E-state index contributed by atoms with van der Waals surface area (Å²) in [5.41, 5.74) is 6.83. The van der Waals surface area contributed by atoms with Crippen LogP contribution in [-0.2, 0) is 25.6 Å². The Bertz CT molecular complexity index is 875. The summed E-state index contributed by atoms with van der Waals surface area (Å²) in [5.74, 6) is -0.927. The van der Waals surface area contributed by atoms with Gasteiger partial charge < -0.3 is 31.9 Å². The lowest BCUT2D eigenvalue weighted by molar-refractivity contribution is -0.142. The molecule has 0 aromatic heterocycles. The molecule has 0 saturated heterocycles. The zero-order valence-corrected chi connectivity index (χ0v) is 23.8. The number of benzene rings is 1. The van der Waals surface area contributed by atoms with Gasteiger partial charge >= 0.3 is 5.97 Å². The Hall–Kier alpha value is -2.09. The molecule has 13 heteroatoms. The van der Waals surface area contributed by atoms with Crippen LogP contribution < -0.4 is 21.7 Å². The predicted octanol–water partition coefficient (Wildman–Crippen LogP) is 1.06. The second kappa shape index (κ2) is 18.2. The third-order valence-corrected chi connectivity index (χ3v) is 7.37. The highest BCUT2D eigenvalue weighted by Gasteiger charge is 2.30. The van der Waals surface area contributed by atoms with E-state index in [4.69, 9.17) is 5.73 Å². The molecule has 0 aliphatic carbocycles. The van der Waals surface area contributed by atoms with Crippen LogP contribution in [0.2, 0.25) is 0 Å². The molecular weight excluding hydrogens is 536 g/mol. The Morgan fingerprint density at radius 3 is 1.59 bits per heavy atom. The number of nitrogens with two attached hydrogens (primary N) is 1. The number of hydrogen-bond donors (Lipinski definition) is 6. The summed E-state index contributed by atoms with van der Waals surface area (Å²) in [5, 5.41) is 26.8. The molecule has 0 unspecified atom stereocenters. The summed E-state index contributed by atoms with van der Waals surface area (Å²) in [6.45, 7) is 0. The SMILES string of the molecule is CSCC[C@H](NC(=O)[C@H](CCSC)NC(=O)[C@H](CCSC)NC(=O)[C@@H](N)Cc1ccc(O)cc1)C(=O)O. The zero-order chi connectivity index (χ0) is 27.8. The molecule has 0 fully saturated rings. The Kier molecular flexibility index (Phi) is 16.2. The van der Waals surface area contributed by atoms with Gasteiger partial charge in [-0.2, -0.15) is 35.3 Å². The number of carboxylic acids is 1. The molecule has 1 rings (SSSR count). The maximum atomic E-state index is 13.2. The molecule has 0 saturated carbocycles. The first-order valence-corrected chi connectivity index (χ1v) is 15.9. The fourth-order valence-electron chi connectivity index (χ4n) is 3.30. The first-order valence-electron chi connectivity index (χ1n) is 11.8. The molecule has 0 aliphatic heterocycles. The van der Waals surface area contributed by atoms with Gasteiger partial charge in [-0.05, 0) is 79.4 Å². The minimum atomic E-state index is -1.13. The van der Waals surface area contributed by atoms with E-state index in [9.17, 15) is 29.4 Å². The summed E-state index contributed by atoms with van der Waals surface area (Å²) >= 11 is 4.48. The highest BCUT2D eigenvalue weighted by molar-refractivity contribution is 7.98. The number of aliphatic carboxylic acids is 1. The van der Waals surface area contributed by atoms with Crippen molar-refractivity contribution in [3.8, 4) is 5.75 Å². The normalized spacial score (nSPS) is 14.2. The van der Waals surface area contributed by atoms with Crippen LogP contribution in [-0.4, -0.2) is 94.1 Å². The van der Waals surface area contributed by atoms with Crippen LogP contribution in [0.1, 0.15) is 24.8 Å². The van der Waals surface area contributed by atoms with Gasteiger partial charge in [0.1, 0.15) is 23.9 Å². The molecule has 10 nitrogen and oxygen atoms in total. The van der Waals surface area contributed by atoms with Crippen LogP contribution in [0.5, 0.6) is 5.75 Å². The number of carboxylic acid groups (broad SMARTS) is 1. The van der Waals surface area contributed by atoms with Gasteiger partial charge in [-0.1, -0.05) is 12.1 Å². The van der Waals surface area contributed by atoms with Crippen molar-refractivity contribution >= 4 is 59.0 Å². The largest absolute Gasteiger partial charge is 0.508 e. The van der Waals surface area contributed by atoms with E-state index in [1.165, 1.54) is 47.4 Å². The van der Waals surface area contributed by atoms with Crippen LogP contribution in [0.15, 0.2) is 24.3 Å². The number of thioether (sulfide) groups is 3. The van der Waals surface area contributed by atoms with E-state index < -0.39 is 47.9 Å². The number of rotatable bonds is 18. The van der Waals surface area contributed by atoms with Gasteiger partial charge in [0.05, 0.1) is 6.04 Å². The maximum absolute atomic E-state index is 13.2.